The predicted octanol–water partition coefficient (Wildman–Crippen LogP) is 2.04. The molecular formula is C18H26N6O. The Kier molecular flexibility index (Phi) is 4.55. The standard InChI is InChI=1S/C18H26N6O/c1-13-2-4-15(5-3-13)20-18(25)14-8-10-23(11-9-14)17-7-6-16-21-19-12-24(16)22-17/h6-7,12-15H,2-5,8-11H2,1H3,(H,20,25). The summed E-state index contributed by atoms with van der Waals surface area (Å²) in [6, 6.07) is 4.30. The van der Waals surface area contributed by atoms with Gasteiger partial charge in [-0.25, -0.2) is 0 Å². The lowest BCUT2D eigenvalue weighted by Crippen LogP contribution is -2.45. The summed E-state index contributed by atoms with van der Waals surface area (Å²) >= 11 is 0. The van der Waals surface area contributed by atoms with Crippen LogP contribution in [0.1, 0.15) is 45.4 Å². The van der Waals surface area contributed by atoms with Crippen molar-refractivity contribution in [1.29, 1.82) is 0 Å². The lowest BCUT2D eigenvalue weighted by atomic mass is 9.86. The Morgan fingerprint density at radius 2 is 1.88 bits per heavy atom. The third kappa shape index (κ3) is 3.60. The van der Waals surface area contributed by atoms with E-state index in [9.17, 15) is 4.79 Å². The Morgan fingerprint density at radius 1 is 1.12 bits per heavy atom. The van der Waals surface area contributed by atoms with Gasteiger partial charge in [0, 0.05) is 25.0 Å². The molecule has 2 aliphatic rings. The minimum atomic E-state index is 0.134. The predicted molar refractivity (Wildman–Crippen MR) is 95.3 cm³/mol. The summed E-state index contributed by atoms with van der Waals surface area (Å²) in [5.74, 6) is 2.12. The molecule has 1 saturated carbocycles. The zero-order chi connectivity index (χ0) is 17.2. The number of rotatable bonds is 3. The number of nitrogens with zero attached hydrogens (tertiary/aromatic N) is 5. The molecule has 2 aromatic rings. The molecule has 4 rings (SSSR count). The number of carbonyl (C=O) groups is 1. The Bertz CT molecular complexity index is 728. The second-order valence-corrected chi connectivity index (χ2v) is 7.55. The molecule has 0 atom stereocenters. The van der Waals surface area contributed by atoms with Gasteiger partial charge in [0.25, 0.3) is 0 Å². The average Bonchev–Trinajstić information content (AvgIpc) is 3.11. The van der Waals surface area contributed by atoms with Crippen LogP contribution in [0.15, 0.2) is 18.5 Å². The van der Waals surface area contributed by atoms with E-state index < -0.39 is 0 Å². The first-order valence-electron chi connectivity index (χ1n) is 9.41. The van der Waals surface area contributed by atoms with Gasteiger partial charge in [-0.15, -0.1) is 15.3 Å². The van der Waals surface area contributed by atoms with Gasteiger partial charge in [0.1, 0.15) is 12.1 Å². The molecule has 1 N–H and O–H groups in total. The lowest BCUT2D eigenvalue weighted by Gasteiger charge is -2.33. The lowest BCUT2D eigenvalue weighted by molar-refractivity contribution is -0.126. The number of aromatic nitrogens is 4. The van der Waals surface area contributed by atoms with E-state index in [0.717, 1.165) is 56.2 Å². The van der Waals surface area contributed by atoms with E-state index >= 15 is 0 Å². The van der Waals surface area contributed by atoms with Crippen LogP contribution >= 0.6 is 0 Å². The molecule has 7 heteroatoms. The third-order valence-corrected chi connectivity index (χ3v) is 5.70. The Hall–Kier alpha value is -2.18. The highest BCUT2D eigenvalue weighted by molar-refractivity contribution is 5.79. The summed E-state index contributed by atoms with van der Waals surface area (Å²) in [5, 5.41) is 15.7. The van der Waals surface area contributed by atoms with E-state index in [2.05, 4.69) is 32.4 Å². The van der Waals surface area contributed by atoms with Crippen LogP contribution in [-0.4, -0.2) is 44.8 Å². The zero-order valence-electron chi connectivity index (χ0n) is 14.8. The SMILES string of the molecule is CC1CCC(NC(=O)C2CCN(c3ccc4nncn4n3)CC2)CC1. The van der Waals surface area contributed by atoms with E-state index in [1.807, 2.05) is 12.1 Å². The van der Waals surface area contributed by atoms with Crippen LogP contribution in [0.25, 0.3) is 5.65 Å². The molecule has 7 nitrogen and oxygen atoms in total. The van der Waals surface area contributed by atoms with Gasteiger partial charge < -0.3 is 10.2 Å². The fourth-order valence-corrected chi connectivity index (χ4v) is 3.98. The second-order valence-electron chi connectivity index (χ2n) is 7.55. The molecule has 1 aliphatic carbocycles. The van der Waals surface area contributed by atoms with Gasteiger partial charge in [-0.3, -0.25) is 4.79 Å². The van der Waals surface area contributed by atoms with Gasteiger partial charge in [-0.1, -0.05) is 6.92 Å². The summed E-state index contributed by atoms with van der Waals surface area (Å²) in [4.78, 5) is 14.8. The van der Waals surface area contributed by atoms with Crippen molar-refractivity contribution < 1.29 is 4.79 Å². The molecule has 0 spiro atoms. The molecule has 0 radical (unpaired) electrons. The minimum absolute atomic E-state index is 0.134. The van der Waals surface area contributed by atoms with Crippen molar-refractivity contribution in [3.8, 4) is 0 Å². The first-order valence-corrected chi connectivity index (χ1v) is 9.41. The van der Waals surface area contributed by atoms with Crippen LogP contribution in [0, 0.1) is 11.8 Å². The molecule has 1 amide bonds. The number of piperidine rings is 1. The number of hydrogen-bond acceptors (Lipinski definition) is 5. The topological polar surface area (TPSA) is 75.4 Å². The number of anilines is 1. The summed E-state index contributed by atoms with van der Waals surface area (Å²) in [6.45, 7) is 4.03. The summed E-state index contributed by atoms with van der Waals surface area (Å²) in [6.07, 6.45) is 8.13. The largest absolute Gasteiger partial charge is 0.355 e. The summed E-state index contributed by atoms with van der Waals surface area (Å²) < 4.78 is 1.69. The molecular weight excluding hydrogens is 316 g/mol. The van der Waals surface area contributed by atoms with Crippen LogP contribution in [0.4, 0.5) is 5.82 Å². The van der Waals surface area contributed by atoms with Gasteiger partial charge in [0.2, 0.25) is 5.91 Å². The van der Waals surface area contributed by atoms with Gasteiger partial charge in [-0.05, 0) is 56.6 Å². The number of carbonyl (C=O) groups excluding carboxylic acids is 1. The zero-order valence-corrected chi connectivity index (χ0v) is 14.8. The smallest absolute Gasteiger partial charge is 0.223 e. The van der Waals surface area contributed by atoms with E-state index in [1.54, 1.807) is 10.8 Å². The van der Waals surface area contributed by atoms with Crippen molar-refractivity contribution >= 4 is 17.4 Å². The maximum atomic E-state index is 12.6. The van der Waals surface area contributed by atoms with Gasteiger partial charge in [-0.2, -0.15) is 4.52 Å². The normalized spacial score (nSPS) is 25.2. The minimum Gasteiger partial charge on any atom is -0.355 e. The van der Waals surface area contributed by atoms with Gasteiger partial charge in [0.15, 0.2) is 5.65 Å². The average molecular weight is 342 g/mol. The molecule has 134 valence electrons. The third-order valence-electron chi connectivity index (χ3n) is 5.70. The van der Waals surface area contributed by atoms with Crippen molar-refractivity contribution in [1.82, 2.24) is 25.1 Å². The van der Waals surface area contributed by atoms with Crippen LogP contribution in [0.5, 0.6) is 0 Å². The Labute approximate surface area is 147 Å². The Balaban J connectivity index is 1.30. The van der Waals surface area contributed by atoms with Gasteiger partial charge in [0.05, 0.1) is 0 Å². The quantitative estimate of drug-likeness (QED) is 0.924. The number of amides is 1. The number of fused-ring (bicyclic) bond motifs is 1. The molecule has 0 aromatic carbocycles. The maximum absolute atomic E-state index is 12.6. The summed E-state index contributed by atoms with van der Waals surface area (Å²) in [7, 11) is 0. The molecule has 2 aromatic heterocycles. The number of hydrogen-bond donors (Lipinski definition) is 1. The van der Waals surface area contributed by atoms with Crippen molar-refractivity contribution in [2.75, 3.05) is 18.0 Å². The highest BCUT2D eigenvalue weighted by Crippen LogP contribution is 2.25. The highest BCUT2D eigenvalue weighted by atomic mass is 16.1. The molecule has 1 saturated heterocycles. The summed E-state index contributed by atoms with van der Waals surface area (Å²) in [5.41, 5.74) is 0.750. The van der Waals surface area contributed by atoms with Crippen LogP contribution in [0.3, 0.4) is 0 Å². The molecule has 25 heavy (non-hydrogen) atoms. The van der Waals surface area contributed by atoms with Crippen molar-refractivity contribution in [2.45, 2.75) is 51.5 Å². The monoisotopic (exact) mass is 342 g/mol. The van der Waals surface area contributed by atoms with Gasteiger partial charge >= 0.3 is 0 Å². The molecule has 3 heterocycles. The molecule has 2 fully saturated rings. The molecule has 1 aliphatic heterocycles. The highest BCUT2D eigenvalue weighted by Gasteiger charge is 2.28. The molecule has 0 bridgehead atoms. The van der Waals surface area contributed by atoms with E-state index in [0.29, 0.717) is 6.04 Å². The van der Waals surface area contributed by atoms with Crippen LogP contribution < -0.4 is 10.2 Å². The second kappa shape index (κ2) is 6.98. The first kappa shape index (κ1) is 16.3. The Morgan fingerprint density at radius 3 is 2.64 bits per heavy atom. The van der Waals surface area contributed by atoms with E-state index in [-0.39, 0.29) is 11.8 Å². The van der Waals surface area contributed by atoms with Crippen molar-refractivity contribution in [2.24, 2.45) is 11.8 Å². The fraction of sp³-hybridized carbons (Fsp3) is 0.667. The maximum Gasteiger partial charge on any atom is 0.223 e. The number of nitrogens with one attached hydrogen (secondary N) is 1. The van der Waals surface area contributed by atoms with Crippen LogP contribution in [-0.2, 0) is 4.79 Å². The van der Waals surface area contributed by atoms with Crippen molar-refractivity contribution in [3.05, 3.63) is 18.5 Å². The first-order chi connectivity index (χ1) is 12.2. The van der Waals surface area contributed by atoms with E-state index in [4.69, 9.17) is 0 Å². The van der Waals surface area contributed by atoms with Crippen molar-refractivity contribution in [3.63, 3.8) is 0 Å². The fourth-order valence-electron chi connectivity index (χ4n) is 3.98. The molecule has 0 unspecified atom stereocenters. The van der Waals surface area contributed by atoms with E-state index in [1.165, 1.54) is 12.8 Å². The van der Waals surface area contributed by atoms with Crippen LogP contribution in [0.2, 0.25) is 0 Å².